The summed E-state index contributed by atoms with van der Waals surface area (Å²) in [6.07, 6.45) is -4.06. The van der Waals surface area contributed by atoms with Crippen LogP contribution in [0.1, 0.15) is 18.7 Å². The van der Waals surface area contributed by atoms with Crippen molar-refractivity contribution >= 4 is 27.0 Å². The standard InChI is InChI=1S/C17H19N3O4S.C2HF3O2/c1-11(22)16-10-15-14(6-7-18-17(15)20-16)12-2-4-13(5-3-12)25(23,24)19-8-9-21;3-2(4,5)1(6)7/h2-7,10-11,19,21-22H,8-9H2,1H3,(H,18,20);(H,6,7). The molecule has 32 heavy (non-hydrogen) atoms. The molecule has 2 heterocycles. The van der Waals surface area contributed by atoms with Gasteiger partial charge in [-0.15, -0.1) is 0 Å². The maximum atomic E-state index is 12.1. The van der Waals surface area contributed by atoms with Gasteiger partial charge in [-0.25, -0.2) is 22.9 Å². The van der Waals surface area contributed by atoms with Crippen LogP contribution in [-0.4, -0.2) is 59.0 Å². The average molecular weight is 475 g/mol. The number of nitrogens with zero attached hydrogens (tertiary/aromatic N) is 1. The highest BCUT2D eigenvalue weighted by Crippen LogP contribution is 2.30. The van der Waals surface area contributed by atoms with Gasteiger partial charge < -0.3 is 20.3 Å². The number of hydrogen-bond donors (Lipinski definition) is 5. The first-order valence-corrected chi connectivity index (χ1v) is 10.5. The molecule has 0 amide bonds. The van der Waals surface area contributed by atoms with Crippen molar-refractivity contribution in [3.8, 4) is 11.1 Å². The number of aromatic nitrogens is 2. The Morgan fingerprint density at radius 3 is 2.31 bits per heavy atom. The number of nitrogens with one attached hydrogen (secondary N) is 2. The van der Waals surface area contributed by atoms with Crippen LogP contribution in [0.3, 0.4) is 0 Å². The molecule has 3 aromatic rings. The lowest BCUT2D eigenvalue weighted by Gasteiger charge is -2.07. The Hall–Kier alpha value is -3.00. The fraction of sp³-hybridized carbons (Fsp3) is 0.263. The molecule has 0 saturated carbocycles. The highest BCUT2D eigenvalue weighted by atomic mass is 32.2. The van der Waals surface area contributed by atoms with E-state index in [0.29, 0.717) is 11.3 Å². The molecule has 0 aliphatic heterocycles. The van der Waals surface area contributed by atoms with Crippen LogP contribution in [0.25, 0.3) is 22.2 Å². The van der Waals surface area contributed by atoms with Gasteiger partial charge in [-0.1, -0.05) is 12.1 Å². The van der Waals surface area contributed by atoms with Gasteiger partial charge in [0.15, 0.2) is 0 Å². The molecule has 0 fully saturated rings. The summed E-state index contributed by atoms with van der Waals surface area (Å²) in [6.45, 7) is 1.38. The van der Waals surface area contributed by atoms with Gasteiger partial charge in [0.1, 0.15) is 5.65 Å². The predicted molar refractivity (Wildman–Crippen MR) is 108 cm³/mol. The third kappa shape index (κ3) is 6.26. The smallest absolute Gasteiger partial charge is 0.475 e. The second kappa shape index (κ2) is 10.1. The summed E-state index contributed by atoms with van der Waals surface area (Å²) >= 11 is 0. The number of alkyl halides is 3. The zero-order chi connectivity index (χ0) is 24.1. The fourth-order valence-corrected chi connectivity index (χ4v) is 3.62. The molecular weight excluding hydrogens is 455 g/mol. The third-order valence-corrected chi connectivity index (χ3v) is 5.60. The van der Waals surface area contributed by atoms with Gasteiger partial charge >= 0.3 is 12.1 Å². The largest absolute Gasteiger partial charge is 0.490 e. The molecule has 174 valence electrons. The lowest BCUT2D eigenvalue weighted by molar-refractivity contribution is -0.192. The Bertz CT molecular complexity index is 1180. The number of halogens is 3. The molecule has 1 aromatic carbocycles. The van der Waals surface area contributed by atoms with Gasteiger partial charge in [0.2, 0.25) is 10.0 Å². The molecule has 1 atom stereocenters. The number of aliphatic carboxylic acids is 1. The molecule has 2 aromatic heterocycles. The van der Waals surface area contributed by atoms with Crippen molar-refractivity contribution < 1.29 is 41.7 Å². The number of carbonyl (C=O) groups is 1. The lowest BCUT2D eigenvalue weighted by Crippen LogP contribution is -2.26. The highest BCUT2D eigenvalue weighted by Gasteiger charge is 2.38. The van der Waals surface area contributed by atoms with Gasteiger partial charge in [0.05, 0.1) is 17.6 Å². The number of H-pyrrole nitrogens is 1. The van der Waals surface area contributed by atoms with E-state index in [0.717, 1.165) is 16.5 Å². The van der Waals surface area contributed by atoms with E-state index in [4.69, 9.17) is 15.0 Å². The van der Waals surface area contributed by atoms with Crippen LogP contribution in [0.2, 0.25) is 0 Å². The summed E-state index contributed by atoms with van der Waals surface area (Å²) in [7, 11) is -3.63. The summed E-state index contributed by atoms with van der Waals surface area (Å²) in [5.74, 6) is -2.76. The fourth-order valence-electron chi connectivity index (χ4n) is 2.60. The predicted octanol–water partition coefficient (Wildman–Crippen LogP) is 2.19. The first-order valence-electron chi connectivity index (χ1n) is 9.03. The number of aliphatic hydroxyl groups is 2. The van der Waals surface area contributed by atoms with E-state index in [9.17, 15) is 26.7 Å². The van der Waals surface area contributed by atoms with Gasteiger partial charge in [-0.2, -0.15) is 13.2 Å². The number of aliphatic hydroxyl groups excluding tert-OH is 2. The molecule has 0 aliphatic carbocycles. The van der Waals surface area contributed by atoms with Gasteiger partial charge in [-0.05, 0) is 42.3 Å². The van der Waals surface area contributed by atoms with Crippen LogP contribution < -0.4 is 4.72 Å². The normalized spacial score (nSPS) is 12.8. The Morgan fingerprint density at radius 1 is 1.22 bits per heavy atom. The van der Waals surface area contributed by atoms with Crippen LogP contribution in [-0.2, 0) is 14.8 Å². The molecule has 0 saturated heterocycles. The molecule has 13 heteroatoms. The van der Waals surface area contributed by atoms with E-state index in [1.54, 1.807) is 25.3 Å². The molecule has 9 nitrogen and oxygen atoms in total. The molecular formula is C19H20F3N3O6S. The second-order valence-corrected chi connectivity index (χ2v) is 8.24. The van der Waals surface area contributed by atoms with Crippen molar-refractivity contribution in [3.63, 3.8) is 0 Å². The van der Waals surface area contributed by atoms with E-state index in [-0.39, 0.29) is 18.0 Å². The summed E-state index contributed by atoms with van der Waals surface area (Å²) in [4.78, 5) is 16.4. The van der Waals surface area contributed by atoms with Crippen LogP contribution >= 0.6 is 0 Å². The van der Waals surface area contributed by atoms with Gasteiger partial charge in [0, 0.05) is 23.8 Å². The monoisotopic (exact) mass is 475 g/mol. The summed E-state index contributed by atoms with van der Waals surface area (Å²) in [5.41, 5.74) is 3.06. The molecule has 0 radical (unpaired) electrons. The number of benzene rings is 1. The summed E-state index contributed by atoms with van der Waals surface area (Å²) in [6, 6.07) is 10.2. The zero-order valence-electron chi connectivity index (χ0n) is 16.6. The van der Waals surface area contributed by atoms with E-state index in [1.807, 2.05) is 12.1 Å². The Labute approximate surface area is 180 Å². The Balaban J connectivity index is 0.000000451. The first-order chi connectivity index (χ1) is 14.9. The molecule has 1 unspecified atom stereocenters. The van der Waals surface area contributed by atoms with Crippen LogP contribution in [0.4, 0.5) is 13.2 Å². The lowest BCUT2D eigenvalue weighted by atomic mass is 10.0. The Kier molecular flexibility index (Phi) is 7.96. The summed E-state index contributed by atoms with van der Waals surface area (Å²) < 4.78 is 58.2. The van der Waals surface area contributed by atoms with Crippen molar-refractivity contribution in [1.29, 1.82) is 0 Å². The van der Waals surface area contributed by atoms with Crippen molar-refractivity contribution in [3.05, 3.63) is 48.3 Å². The zero-order valence-corrected chi connectivity index (χ0v) is 17.4. The number of pyridine rings is 1. The maximum absolute atomic E-state index is 12.1. The molecule has 0 spiro atoms. The number of carboxylic acid groups (broad SMARTS) is 1. The highest BCUT2D eigenvalue weighted by molar-refractivity contribution is 7.89. The van der Waals surface area contributed by atoms with E-state index in [1.165, 1.54) is 12.1 Å². The minimum atomic E-state index is -5.08. The van der Waals surface area contributed by atoms with Crippen LogP contribution in [0.5, 0.6) is 0 Å². The third-order valence-electron chi connectivity index (χ3n) is 4.12. The summed E-state index contributed by atoms with van der Waals surface area (Å²) in [5, 5.41) is 26.5. The SMILES string of the molecule is CC(O)c1cc2c(-c3ccc(S(=O)(=O)NCCO)cc3)ccnc2[nH]1.O=C(O)C(F)(F)F. The Morgan fingerprint density at radius 2 is 1.81 bits per heavy atom. The van der Waals surface area contributed by atoms with Crippen molar-refractivity contribution in [2.75, 3.05) is 13.2 Å². The minimum absolute atomic E-state index is 0.0272. The molecule has 0 bridgehead atoms. The average Bonchev–Trinajstić information content (AvgIpc) is 3.17. The number of carboxylic acids is 1. The van der Waals surface area contributed by atoms with Gasteiger partial charge in [0.25, 0.3) is 0 Å². The second-order valence-electron chi connectivity index (χ2n) is 6.47. The number of sulfonamides is 1. The van der Waals surface area contributed by atoms with Crippen molar-refractivity contribution in [1.82, 2.24) is 14.7 Å². The first kappa shape index (κ1) is 25.3. The van der Waals surface area contributed by atoms with Crippen LogP contribution in [0, 0.1) is 0 Å². The number of rotatable bonds is 6. The van der Waals surface area contributed by atoms with Crippen LogP contribution in [0.15, 0.2) is 47.5 Å². The molecule has 5 N–H and O–H groups in total. The number of fused-ring (bicyclic) bond motifs is 1. The minimum Gasteiger partial charge on any atom is -0.475 e. The van der Waals surface area contributed by atoms with Gasteiger partial charge in [-0.3, -0.25) is 0 Å². The van der Waals surface area contributed by atoms with Crippen molar-refractivity contribution in [2.45, 2.75) is 24.1 Å². The topological polar surface area (TPSA) is 153 Å². The molecule has 0 aliphatic rings. The van der Waals surface area contributed by atoms with Crippen molar-refractivity contribution in [2.24, 2.45) is 0 Å². The van der Waals surface area contributed by atoms with E-state index < -0.39 is 28.3 Å². The van der Waals surface area contributed by atoms with E-state index >= 15 is 0 Å². The molecule has 3 rings (SSSR count). The quantitative estimate of drug-likeness (QED) is 0.366. The number of aromatic amines is 1. The van der Waals surface area contributed by atoms with E-state index in [2.05, 4.69) is 14.7 Å². The maximum Gasteiger partial charge on any atom is 0.490 e. The number of hydrogen-bond acceptors (Lipinski definition) is 6.